The summed E-state index contributed by atoms with van der Waals surface area (Å²) in [6.45, 7) is 4.99. The highest BCUT2D eigenvalue weighted by Gasteiger charge is 2.07. The van der Waals surface area contributed by atoms with Gasteiger partial charge in [-0.15, -0.1) is 0 Å². The first-order chi connectivity index (χ1) is 8.76. The van der Waals surface area contributed by atoms with Crippen LogP contribution < -0.4 is 0 Å². The number of imidazole rings is 1. The molecule has 0 aliphatic rings. The van der Waals surface area contributed by atoms with Gasteiger partial charge in [-0.1, -0.05) is 38.1 Å². The minimum atomic E-state index is 0.179. The van der Waals surface area contributed by atoms with Crippen molar-refractivity contribution in [2.45, 2.75) is 33.2 Å². The van der Waals surface area contributed by atoms with E-state index in [1.807, 2.05) is 43.6 Å². The zero-order valence-corrected chi connectivity index (χ0v) is 10.9. The smallest absolute Gasteiger partial charge is 0.162 e. The Kier molecular flexibility index (Phi) is 3.92. The van der Waals surface area contributed by atoms with Gasteiger partial charge in [0.15, 0.2) is 5.78 Å². The van der Waals surface area contributed by atoms with E-state index in [0.717, 1.165) is 29.9 Å². The lowest BCUT2D eigenvalue weighted by molar-refractivity contribution is 0.0988. The Bertz CT molecular complexity index is 526. The van der Waals surface area contributed by atoms with Crippen LogP contribution >= 0.6 is 0 Å². The molecule has 94 valence electrons. The van der Waals surface area contributed by atoms with E-state index in [2.05, 4.69) is 16.5 Å². The van der Waals surface area contributed by atoms with Gasteiger partial charge < -0.3 is 4.57 Å². The van der Waals surface area contributed by atoms with Crippen LogP contribution in [0.5, 0.6) is 0 Å². The van der Waals surface area contributed by atoms with Crippen molar-refractivity contribution in [3.63, 3.8) is 0 Å². The second kappa shape index (κ2) is 5.63. The number of rotatable bonds is 5. The zero-order chi connectivity index (χ0) is 13.0. The summed E-state index contributed by atoms with van der Waals surface area (Å²) in [7, 11) is 0. The average molecular weight is 242 g/mol. The third-order valence-electron chi connectivity index (χ3n) is 2.97. The van der Waals surface area contributed by atoms with Crippen molar-refractivity contribution in [1.82, 2.24) is 9.55 Å². The van der Waals surface area contributed by atoms with Crippen molar-refractivity contribution < 1.29 is 4.79 Å². The zero-order valence-electron chi connectivity index (χ0n) is 10.9. The van der Waals surface area contributed by atoms with Crippen LogP contribution in [-0.4, -0.2) is 15.3 Å². The Morgan fingerprint density at radius 1 is 1.22 bits per heavy atom. The van der Waals surface area contributed by atoms with Gasteiger partial charge in [0, 0.05) is 36.5 Å². The van der Waals surface area contributed by atoms with Crippen molar-refractivity contribution >= 4 is 5.78 Å². The number of hydrogen-bond acceptors (Lipinski definition) is 2. The van der Waals surface area contributed by atoms with Crippen molar-refractivity contribution in [3.05, 3.63) is 42.2 Å². The van der Waals surface area contributed by atoms with Crippen LogP contribution in [0.2, 0.25) is 0 Å². The lowest BCUT2D eigenvalue weighted by atomic mass is 10.1. The van der Waals surface area contributed by atoms with E-state index in [1.165, 1.54) is 0 Å². The lowest BCUT2D eigenvalue weighted by Crippen LogP contribution is -1.99. The molecular formula is C15H18N2O. The molecule has 1 heterocycles. The summed E-state index contributed by atoms with van der Waals surface area (Å²) in [5.41, 5.74) is 1.83. The van der Waals surface area contributed by atoms with Crippen molar-refractivity contribution in [2.24, 2.45) is 0 Å². The molecule has 0 saturated carbocycles. The van der Waals surface area contributed by atoms with Crippen molar-refractivity contribution in [1.29, 1.82) is 0 Å². The number of aryl methyl sites for hydroxylation is 1. The van der Waals surface area contributed by atoms with Gasteiger partial charge in [-0.2, -0.15) is 0 Å². The van der Waals surface area contributed by atoms with Gasteiger partial charge in [-0.05, 0) is 6.42 Å². The second-order valence-electron chi connectivity index (χ2n) is 4.30. The first-order valence-corrected chi connectivity index (χ1v) is 6.41. The molecule has 0 fully saturated rings. The number of carbonyl (C=O) groups excluding carboxylic acids is 1. The highest BCUT2D eigenvalue weighted by atomic mass is 16.1. The molecule has 3 nitrogen and oxygen atoms in total. The van der Waals surface area contributed by atoms with Crippen LogP contribution in [0.3, 0.4) is 0 Å². The Labute approximate surface area is 107 Å². The average Bonchev–Trinajstić information content (AvgIpc) is 2.87. The minimum Gasteiger partial charge on any atom is -0.331 e. The van der Waals surface area contributed by atoms with Gasteiger partial charge in [0.25, 0.3) is 0 Å². The normalized spacial score (nSPS) is 10.6. The Balaban J connectivity index is 2.28. The summed E-state index contributed by atoms with van der Waals surface area (Å²) in [5, 5.41) is 0. The van der Waals surface area contributed by atoms with E-state index in [-0.39, 0.29) is 5.78 Å². The molecule has 0 aliphatic heterocycles. The topological polar surface area (TPSA) is 34.9 Å². The van der Waals surface area contributed by atoms with Crippen molar-refractivity contribution in [3.8, 4) is 11.4 Å². The molecule has 0 saturated heterocycles. The fourth-order valence-corrected chi connectivity index (χ4v) is 2.00. The maximum absolute atomic E-state index is 11.6. The van der Waals surface area contributed by atoms with Crippen LogP contribution in [0.15, 0.2) is 36.7 Å². The molecule has 0 N–H and O–H groups in total. The first kappa shape index (κ1) is 12.6. The summed E-state index contributed by atoms with van der Waals surface area (Å²) in [5.74, 6) is 1.14. The molecule has 0 bridgehead atoms. The summed E-state index contributed by atoms with van der Waals surface area (Å²) < 4.78 is 2.14. The Morgan fingerprint density at radius 2 is 1.94 bits per heavy atom. The molecule has 0 unspecified atom stereocenters. The monoisotopic (exact) mass is 242 g/mol. The number of aromatic nitrogens is 2. The predicted molar refractivity (Wildman–Crippen MR) is 72.6 cm³/mol. The van der Waals surface area contributed by atoms with E-state index >= 15 is 0 Å². The third-order valence-corrected chi connectivity index (χ3v) is 2.97. The fourth-order valence-electron chi connectivity index (χ4n) is 2.00. The number of nitrogens with zero attached hydrogens (tertiary/aromatic N) is 2. The van der Waals surface area contributed by atoms with Gasteiger partial charge in [-0.25, -0.2) is 4.98 Å². The van der Waals surface area contributed by atoms with Gasteiger partial charge in [0.05, 0.1) is 0 Å². The van der Waals surface area contributed by atoms with Gasteiger partial charge in [0.2, 0.25) is 0 Å². The van der Waals surface area contributed by atoms with E-state index in [4.69, 9.17) is 0 Å². The quantitative estimate of drug-likeness (QED) is 0.751. The number of benzene rings is 1. The fraction of sp³-hybridized carbons (Fsp3) is 0.333. The molecule has 0 amide bonds. The molecule has 1 aromatic carbocycles. The highest BCUT2D eigenvalue weighted by Crippen LogP contribution is 2.19. The molecule has 3 heteroatoms. The first-order valence-electron chi connectivity index (χ1n) is 6.41. The van der Waals surface area contributed by atoms with E-state index in [1.54, 1.807) is 0 Å². The molecular weight excluding hydrogens is 224 g/mol. The molecule has 0 radical (unpaired) electrons. The lowest BCUT2D eigenvalue weighted by Gasteiger charge is -2.06. The molecule has 0 spiro atoms. The summed E-state index contributed by atoms with van der Waals surface area (Å²) >= 11 is 0. The maximum atomic E-state index is 11.6. The summed E-state index contributed by atoms with van der Waals surface area (Å²) in [6, 6.07) is 7.70. The molecule has 0 aliphatic carbocycles. The molecule has 0 atom stereocenters. The van der Waals surface area contributed by atoms with E-state index in [0.29, 0.717) is 6.42 Å². The molecule has 2 rings (SSSR count). The van der Waals surface area contributed by atoms with Crippen LogP contribution in [0, 0.1) is 0 Å². The van der Waals surface area contributed by atoms with E-state index in [9.17, 15) is 4.79 Å². The minimum absolute atomic E-state index is 0.179. The summed E-state index contributed by atoms with van der Waals surface area (Å²) in [6.07, 6.45) is 5.43. The van der Waals surface area contributed by atoms with Gasteiger partial charge in [-0.3, -0.25) is 4.79 Å². The number of ketones is 1. The van der Waals surface area contributed by atoms with Crippen LogP contribution in [-0.2, 0) is 6.54 Å². The van der Waals surface area contributed by atoms with Gasteiger partial charge >= 0.3 is 0 Å². The second-order valence-corrected chi connectivity index (χ2v) is 4.30. The molecule has 1 aromatic heterocycles. The number of hydrogen-bond donors (Lipinski definition) is 0. The predicted octanol–water partition coefficient (Wildman–Crippen LogP) is 3.55. The Morgan fingerprint density at radius 3 is 2.56 bits per heavy atom. The Hall–Kier alpha value is -1.90. The number of Topliss-reactive ketones (excluding diaryl/α,β-unsaturated/α-hetero) is 1. The van der Waals surface area contributed by atoms with Crippen LogP contribution in [0.25, 0.3) is 11.4 Å². The van der Waals surface area contributed by atoms with Crippen LogP contribution in [0.4, 0.5) is 0 Å². The molecule has 18 heavy (non-hydrogen) atoms. The SMILES string of the molecule is CCCn1ccnc1-c1ccc(C(=O)CC)cc1. The van der Waals surface area contributed by atoms with Gasteiger partial charge in [0.1, 0.15) is 5.82 Å². The molecule has 2 aromatic rings. The van der Waals surface area contributed by atoms with Crippen molar-refractivity contribution in [2.75, 3.05) is 0 Å². The maximum Gasteiger partial charge on any atom is 0.162 e. The summed E-state index contributed by atoms with van der Waals surface area (Å²) in [4.78, 5) is 15.9. The highest BCUT2D eigenvalue weighted by molar-refractivity contribution is 5.96. The largest absolute Gasteiger partial charge is 0.331 e. The van der Waals surface area contributed by atoms with E-state index < -0.39 is 0 Å². The third kappa shape index (κ3) is 2.50. The van der Waals surface area contributed by atoms with Crippen LogP contribution in [0.1, 0.15) is 37.0 Å². The number of carbonyl (C=O) groups is 1. The standard InChI is InChI=1S/C15H18N2O/c1-3-10-17-11-9-16-15(17)13-7-5-12(6-8-13)14(18)4-2/h5-9,11H,3-4,10H2,1-2H3.